The molecule has 1 atom stereocenters. The molecule has 1 unspecified atom stereocenters. The molecule has 82 valence electrons. The Morgan fingerprint density at radius 3 is 2.53 bits per heavy atom. The summed E-state index contributed by atoms with van der Waals surface area (Å²) in [4.78, 5) is 0. The van der Waals surface area contributed by atoms with Crippen LogP contribution in [0, 0.1) is 6.92 Å². The van der Waals surface area contributed by atoms with Crippen molar-refractivity contribution in [2.75, 3.05) is 6.54 Å². The van der Waals surface area contributed by atoms with E-state index in [9.17, 15) is 0 Å². The first-order chi connectivity index (χ1) is 7.18. The minimum Gasteiger partial charge on any atom is -0.311 e. The van der Waals surface area contributed by atoms with E-state index in [0.717, 1.165) is 6.42 Å². The van der Waals surface area contributed by atoms with Gasteiger partial charge in [0.1, 0.15) is 0 Å². The molecule has 1 aliphatic heterocycles. The third-order valence-corrected chi connectivity index (χ3v) is 3.42. The monoisotopic (exact) mass is 203 g/mol. The Hall–Kier alpha value is -0.820. The van der Waals surface area contributed by atoms with Crippen LogP contribution < -0.4 is 5.32 Å². The van der Waals surface area contributed by atoms with Gasteiger partial charge in [-0.3, -0.25) is 0 Å². The number of aryl methyl sites for hydroxylation is 1. The van der Waals surface area contributed by atoms with Crippen LogP contribution >= 0.6 is 0 Å². The summed E-state index contributed by atoms with van der Waals surface area (Å²) in [5.41, 5.74) is 3.13. The average Bonchev–Trinajstić information content (AvgIpc) is 2.22. The first kappa shape index (κ1) is 10.7. The lowest BCUT2D eigenvalue weighted by Gasteiger charge is -2.35. The molecule has 1 N–H and O–H groups in total. The van der Waals surface area contributed by atoms with Gasteiger partial charge in [-0.1, -0.05) is 36.2 Å². The molecule has 1 aromatic carbocycles. The molecular weight excluding hydrogens is 182 g/mol. The van der Waals surface area contributed by atoms with Crippen LogP contribution in [0.4, 0.5) is 0 Å². The molecule has 15 heavy (non-hydrogen) atoms. The molecule has 1 fully saturated rings. The predicted molar refractivity (Wildman–Crippen MR) is 65.1 cm³/mol. The number of hydrogen-bond acceptors (Lipinski definition) is 1. The summed E-state index contributed by atoms with van der Waals surface area (Å²) in [5, 5.41) is 3.66. The van der Waals surface area contributed by atoms with E-state index in [1.807, 2.05) is 0 Å². The van der Waals surface area contributed by atoms with Crippen molar-refractivity contribution in [1.82, 2.24) is 5.32 Å². The van der Waals surface area contributed by atoms with Crippen molar-refractivity contribution in [3.63, 3.8) is 0 Å². The van der Waals surface area contributed by atoms with Gasteiger partial charge in [-0.2, -0.15) is 0 Å². The molecule has 0 bridgehead atoms. The van der Waals surface area contributed by atoms with Gasteiger partial charge >= 0.3 is 0 Å². The standard InChI is InChI=1S/C14H21N/c1-12-5-7-13(8-6-12)11-14(2)9-3-4-10-15-14/h5-8,15H,3-4,9-11H2,1-2H3. The van der Waals surface area contributed by atoms with Crippen molar-refractivity contribution < 1.29 is 0 Å². The van der Waals surface area contributed by atoms with Gasteiger partial charge in [0.25, 0.3) is 0 Å². The van der Waals surface area contributed by atoms with E-state index in [0.29, 0.717) is 5.54 Å². The molecule has 1 aliphatic rings. The summed E-state index contributed by atoms with van der Waals surface area (Å²) in [6.07, 6.45) is 5.17. The lowest BCUT2D eigenvalue weighted by atomic mass is 9.85. The fraction of sp³-hybridized carbons (Fsp3) is 0.571. The molecule has 0 saturated carbocycles. The van der Waals surface area contributed by atoms with Crippen molar-refractivity contribution in [2.45, 2.75) is 45.1 Å². The third kappa shape index (κ3) is 2.82. The van der Waals surface area contributed by atoms with Crippen molar-refractivity contribution in [3.8, 4) is 0 Å². The van der Waals surface area contributed by atoms with E-state index in [2.05, 4.69) is 43.4 Å². The lowest BCUT2D eigenvalue weighted by Crippen LogP contribution is -2.47. The van der Waals surface area contributed by atoms with Gasteiger partial charge in [0, 0.05) is 5.54 Å². The van der Waals surface area contributed by atoms with Crippen LogP contribution in [0.2, 0.25) is 0 Å². The van der Waals surface area contributed by atoms with Gasteiger partial charge in [-0.25, -0.2) is 0 Å². The van der Waals surface area contributed by atoms with Gasteiger partial charge in [-0.05, 0) is 45.2 Å². The molecule has 1 saturated heterocycles. The SMILES string of the molecule is Cc1ccc(CC2(C)CCCCN2)cc1. The fourth-order valence-corrected chi connectivity index (χ4v) is 2.43. The highest BCUT2D eigenvalue weighted by Gasteiger charge is 2.25. The van der Waals surface area contributed by atoms with E-state index >= 15 is 0 Å². The zero-order valence-electron chi connectivity index (χ0n) is 9.84. The Bertz CT molecular complexity index is 307. The van der Waals surface area contributed by atoms with Crippen molar-refractivity contribution in [1.29, 1.82) is 0 Å². The number of hydrogen-bond donors (Lipinski definition) is 1. The van der Waals surface area contributed by atoms with Crippen LogP contribution in [0.15, 0.2) is 24.3 Å². The molecule has 0 radical (unpaired) electrons. The van der Waals surface area contributed by atoms with Crippen LogP contribution in [0.5, 0.6) is 0 Å². The second-order valence-corrected chi connectivity index (χ2v) is 5.11. The van der Waals surface area contributed by atoms with Gasteiger partial charge < -0.3 is 5.32 Å². The molecule has 0 spiro atoms. The summed E-state index contributed by atoms with van der Waals surface area (Å²) in [7, 11) is 0. The highest BCUT2D eigenvalue weighted by molar-refractivity contribution is 5.23. The highest BCUT2D eigenvalue weighted by atomic mass is 15.0. The zero-order valence-corrected chi connectivity index (χ0v) is 9.84. The van der Waals surface area contributed by atoms with Crippen LogP contribution in [-0.2, 0) is 6.42 Å². The maximum absolute atomic E-state index is 3.66. The van der Waals surface area contributed by atoms with E-state index in [1.54, 1.807) is 0 Å². The van der Waals surface area contributed by atoms with Gasteiger partial charge in [0.05, 0.1) is 0 Å². The predicted octanol–water partition coefficient (Wildman–Crippen LogP) is 3.07. The smallest absolute Gasteiger partial charge is 0.0193 e. The van der Waals surface area contributed by atoms with Crippen molar-refractivity contribution >= 4 is 0 Å². The van der Waals surface area contributed by atoms with E-state index in [1.165, 1.54) is 36.9 Å². The van der Waals surface area contributed by atoms with Crippen molar-refractivity contribution in [2.24, 2.45) is 0 Å². The summed E-state index contributed by atoms with van der Waals surface area (Å²) in [6.45, 7) is 5.68. The normalized spacial score (nSPS) is 26.5. The molecular formula is C14H21N. The van der Waals surface area contributed by atoms with Gasteiger partial charge in [0.15, 0.2) is 0 Å². The van der Waals surface area contributed by atoms with Crippen LogP contribution in [0.3, 0.4) is 0 Å². The molecule has 1 heterocycles. The number of benzene rings is 1. The Balaban J connectivity index is 2.03. The van der Waals surface area contributed by atoms with E-state index < -0.39 is 0 Å². The molecule has 0 aliphatic carbocycles. The molecule has 2 rings (SSSR count). The first-order valence-electron chi connectivity index (χ1n) is 5.99. The Kier molecular flexibility index (Phi) is 3.11. The molecule has 1 heteroatoms. The zero-order chi connectivity index (χ0) is 10.7. The van der Waals surface area contributed by atoms with Gasteiger partial charge in [-0.15, -0.1) is 0 Å². The third-order valence-electron chi connectivity index (χ3n) is 3.42. The second-order valence-electron chi connectivity index (χ2n) is 5.11. The van der Waals surface area contributed by atoms with Crippen LogP contribution in [-0.4, -0.2) is 12.1 Å². The number of nitrogens with one attached hydrogen (secondary N) is 1. The quantitative estimate of drug-likeness (QED) is 0.779. The fourth-order valence-electron chi connectivity index (χ4n) is 2.43. The highest BCUT2D eigenvalue weighted by Crippen LogP contribution is 2.23. The maximum Gasteiger partial charge on any atom is 0.0193 e. The maximum atomic E-state index is 3.66. The first-order valence-corrected chi connectivity index (χ1v) is 5.99. The number of rotatable bonds is 2. The molecule has 1 nitrogen and oxygen atoms in total. The minimum atomic E-state index is 0.327. The topological polar surface area (TPSA) is 12.0 Å². The summed E-state index contributed by atoms with van der Waals surface area (Å²) >= 11 is 0. The Morgan fingerprint density at radius 1 is 1.20 bits per heavy atom. The van der Waals surface area contributed by atoms with Crippen molar-refractivity contribution in [3.05, 3.63) is 35.4 Å². The average molecular weight is 203 g/mol. The largest absolute Gasteiger partial charge is 0.311 e. The Morgan fingerprint density at radius 2 is 1.93 bits per heavy atom. The minimum absolute atomic E-state index is 0.327. The second kappa shape index (κ2) is 4.36. The summed E-state index contributed by atoms with van der Waals surface area (Å²) < 4.78 is 0. The van der Waals surface area contributed by atoms with E-state index in [-0.39, 0.29) is 0 Å². The number of piperidine rings is 1. The van der Waals surface area contributed by atoms with Crippen LogP contribution in [0.1, 0.15) is 37.3 Å². The Labute approximate surface area is 92.9 Å². The van der Waals surface area contributed by atoms with Crippen LogP contribution in [0.25, 0.3) is 0 Å². The molecule has 1 aromatic rings. The summed E-state index contributed by atoms with van der Waals surface area (Å²) in [6, 6.07) is 8.94. The molecule has 0 aromatic heterocycles. The molecule has 0 amide bonds. The lowest BCUT2D eigenvalue weighted by molar-refractivity contribution is 0.276. The van der Waals surface area contributed by atoms with E-state index in [4.69, 9.17) is 0 Å². The summed E-state index contributed by atoms with van der Waals surface area (Å²) in [5.74, 6) is 0. The van der Waals surface area contributed by atoms with Gasteiger partial charge in [0.2, 0.25) is 0 Å².